The Bertz CT molecular complexity index is 448. The second-order valence-electron chi connectivity index (χ2n) is 5.53. The van der Waals surface area contributed by atoms with E-state index in [-0.39, 0.29) is 5.91 Å². The Balaban J connectivity index is 1.79. The summed E-state index contributed by atoms with van der Waals surface area (Å²) >= 11 is 0. The topological polar surface area (TPSA) is 50.4 Å². The van der Waals surface area contributed by atoms with Crippen LogP contribution in [0.15, 0.2) is 24.3 Å². The molecule has 4 nitrogen and oxygen atoms in total. The van der Waals surface area contributed by atoms with Gasteiger partial charge in [0.15, 0.2) is 0 Å². The van der Waals surface area contributed by atoms with Crippen LogP contribution in [0.25, 0.3) is 0 Å². The number of carbonyl (C=O) groups is 1. The lowest BCUT2D eigenvalue weighted by molar-refractivity contribution is -0.115. The summed E-state index contributed by atoms with van der Waals surface area (Å²) in [4.78, 5) is 11.9. The Morgan fingerprint density at radius 3 is 2.90 bits per heavy atom. The number of methoxy groups -OCH3 is 1. The second kappa shape index (κ2) is 7.29. The highest BCUT2D eigenvalue weighted by molar-refractivity contribution is 5.92. The third-order valence-electron chi connectivity index (χ3n) is 3.99. The van der Waals surface area contributed by atoms with Gasteiger partial charge in [-0.1, -0.05) is 25.8 Å². The number of hydrogen-bond acceptors (Lipinski definition) is 3. The number of amides is 1. The molecule has 1 fully saturated rings. The molecule has 4 heteroatoms. The summed E-state index contributed by atoms with van der Waals surface area (Å²) in [5, 5.41) is 6.27. The molecule has 0 bridgehead atoms. The zero-order valence-corrected chi connectivity index (χ0v) is 12.3. The number of nitrogens with one attached hydrogen (secondary N) is 2. The lowest BCUT2D eigenvalue weighted by atomic mass is 9.86. The molecule has 1 aliphatic carbocycles. The first-order chi connectivity index (χ1) is 9.69. The summed E-state index contributed by atoms with van der Waals surface area (Å²) in [7, 11) is 1.62. The maximum absolute atomic E-state index is 11.9. The van der Waals surface area contributed by atoms with E-state index in [1.165, 1.54) is 25.7 Å². The van der Waals surface area contributed by atoms with E-state index in [1.807, 2.05) is 24.3 Å². The zero-order valence-electron chi connectivity index (χ0n) is 12.3. The molecule has 2 atom stereocenters. The van der Waals surface area contributed by atoms with E-state index in [2.05, 4.69) is 17.6 Å². The van der Waals surface area contributed by atoms with Crippen LogP contribution in [0.2, 0.25) is 0 Å². The third kappa shape index (κ3) is 4.23. The molecule has 1 saturated carbocycles. The van der Waals surface area contributed by atoms with Crippen LogP contribution in [-0.2, 0) is 4.79 Å². The highest BCUT2D eigenvalue weighted by Crippen LogP contribution is 2.23. The molecular weight excluding hydrogens is 252 g/mol. The monoisotopic (exact) mass is 276 g/mol. The second-order valence-corrected chi connectivity index (χ2v) is 5.53. The largest absolute Gasteiger partial charge is 0.497 e. The fraction of sp³-hybridized carbons (Fsp3) is 0.562. The fourth-order valence-electron chi connectivity index (χ4n) is 2.75. The summed E-state index contributed by atoms with van der Waals surface area (Å²) in [5.74, 6) is 1.40. The van der Waals surface area contributed by atoms with E-state index in [4.69, 9.17) is 4.74 Å². The molecule has 0 heterocycles. The highest BCUT2D eigenvalue weighted by Gasteiger charge is 2.21. The van der Waals surface area contributed by atoms with Gasteiger partial charge < -0.3 is 15.4 Å². The van der Waals surface area contributed by atoms with Crippen LogP contribution in [0, 0.1) is 5.92 Å². The molecule has 0 aliphatic heterocycles. The zero-order chi connectivity index (χ0) is 14.4. The summed E-state index contributed by atoms with van der Waals surface area (Å²) < 4.78 is 5.14. The summed E-state index contributed by atoms with van der Waals surface area (Å²) in [6.07, 6.45) is 5.01. The van der Waals surface area contributed by atoms with Gasteiger partial charge in [0.25, 0.3) is 0 Å². The van der Waals surface area contributed by atoms with Gasteiger partial charge in [-0.05, 0) is 30.9 Å². The van der Waals surface area contributed by atoms with Crippen LogP contribution in [0.5, 0.6) is 5.75 Å². The summed E-state index contributed by atoms with van der Waals surface area (Å²) in [6.45, 7) is 2.63. The van der Waals surface area contributed by atoms with Crippen molar-refractivity contribution in [3.8, 4) is 5.75 Å². The third-order valence-corrected chi connectivity index (χ3v) is 3.99. The van der Waals surface area contributed by atoms with Crippen molar-refractivity contribution in [2.75, 3.05) is 19.0 Å². The van der Waals surface area contributed by atoms with Crippen LogP contribution in [0.3, 0.4) is 0 Å². The number of ether oxygens (including phenoxy) is 1. The lowest BCUT2D eigenvalue weighted by Crippen LogP contribution is -2.41. The molecule has 20 heavy (non-hydrogen) atoms. The van der Waals surface area contributed by atoms with Crippen molar-refractivity contribution in [3.63, 3.8) is 0 Å². The normalized spacial score (nSPS) is 22.3. The van der Waals surface area contributed by atoms with Crippen molar-refractivity contribution in [2.24, 2.45) is 5.92 Å². The van der Waals surface area contributed by atoms with Crippen LogP contribution in [0.1, 0.15) is 32.6 Å². The molecule has 110 valence electrons. The number of rotatable bonds is 5. The average Bonchev–Trinajstić information content (AvgIpc) is 2.46. The molecule has 0 unspecified atom stereocenters. The van der Waals surface area contributed by atoms with E-state index in [0.29, 0.717) is 18.5 Å². The quantitative estimate of drug-likeness (QED) is 0.869. The van der Waals surface area contributed by atoms with Crippen molar-refractivity contribution < 1.29 is 9.53 Å². The minimum absolute atomic E-state index is 0.00368. The smallest absolute Gasteiger partial charge is 0.238 e. The van der Waals surface area contributed by atoms with E-state index < -0.39 is 0 Å². The first-order valence-corrected chi connectivity index (χ1v) is 7.36. The minimum atomic E-state index is -0.00368. The maximum Gasteiger partial charge on any atom is 0.238 e. The van der Waals surface area contributed by atoms with Gasteiger partial charge >= 0.3 is 0 Å². The van der Waals surface area contributed by atoms with Crippen LogP contribution >= 0.6 is 0 Å². The molecule has 1 aliphatic rings. The molecule has 0 spiro atoms. The minimum Gasteiger partial charge on any atom is -0.497 e. The lowest BCUT2D eigenvalue weighted by Gasteiger charge is -2.29. The van der Waals surface area contributed by atoms with Gasteiger partial charge in [0.2, 0.25) is 5.91 Å². The molecule has 1 amide bonds. The Labute approximate surface area is 120 Å². The Morgan fingerprint density at radius 1 is 1.35 bits per heavy atom. The van der Waals surface area contributed by atoms with Crippen LogP contribution < -0.4 is 15.4 Å². The molecule has 0 saturated heterocycles. The molecule has 1 aromatic carbocycles. The molecule has 1 aromatic rings. The van der Waals surface area contributed by atoms with Crippen molar-refractivity contribution in [3.05, 3.63) is 24.3 Å². The van der Waals surface area contributed by atoms with E-state index in [0.717, 1.165) is 11.4 Å². The van der Waals surface area contributed by atoms with Gasteiger partial charge in [0, 0.05) is 17.8 Å². The van der Waals surface area contributed by atoms with Crippen LogP contribution in [-0.4, -0.2) is 25.6 Å². The number of anilines is 1. The number of benzene rings is 1. The highest BCUT2D eigenvalue weighted by atomic mass is 16.5. The first kappa shape index (κ1) is 14.9. The fourth-order valence-corrected chi connectivity index (χ4v) is 2.75. The predicted molar refractivity (Wildman–Crippen MR) is 81.0 cm³/mol. The predicted octanol–water partition coefficient (Wildman–Crippen LogP) is 2.80. The molecule has 2 N–H and O–H groups in total. The van der Waals surface area contributed by atoms with Crippen molar-refractivity contribution >= 4 is 11.6 Å². The first-order valence-electron chi connectivity index (χ1n) is 7.36. The van der Waals surface area contributed by atoms with Crippen molar-refractivity contribution in [1.82, 2.24) is 5.32 Å². The Morgan fingerprint density at radius 2 is 2.15 bits per heavy atom. The van der Waals surface area contributed by atoms with Gasteiger partial charge in [-0.2, -0.15) is 0 Å². The summed E-state index contributed by atoms with van der Waals surface area (Å²) in [6, 6.07) is 7.88. The van der Waals surface area contributed by atoms with E-state index >= 15 is 0 Å². The van der Waals surface area contributed by atoms with Crippen LogP contribution in [0.4, 0.5) is 5.69 Å². The van der Waals surface area contributed by atoms with Gasteiger partial charge in [-0.25, -0.2) is 0 Å². The number of carbonyl (C=O) groups excluding carboxylic acids is 1. The molecule has 0 radical (unpaired) electrons. The average molecular weight is 276 g/mol. The van der Waals surface area contributed by atoms with Crippen molar-refractivity contribution in [1.29, 1.82) is 0 Å². The Kier molecular flexibility index (Phi) is 5.41. The number of hydrogen-bond donors (Lipinski definition) is 2. The standard InChI is InChI=1S/C16H24N2O2/c1-12-6-3-4-9-15(12)17-11-16(19)18-13-7-5-8-14(10-13)20-2/h5,7-8,10,12,15,17H,3-4,6,9,11H2,1-2H3,(H,18,19)/t12-,15+/m0/s1. The SMILES string of the molecule is COc1cccc(NC(=O)CN[C@@H]2CCCC[C@@H]2C)c1. The van der Waals surface area contributed by atoms with E-state index in [1.54, 1.807) is 7.11 Å². The van der Waals surface area contributed by atoms with E-state index in [9.17, 15) is 4.79 Å². The van der Waals surface area contributed by atoms with Gasteiger partial charge in [0.05, 0.1) is 13.7 Å². The Hall–Kier alpha value is -1.55. The maximum atomic E-state index is 11.9. The van der Waals surface area contributed by atoms with Crippen molar-refractivity contribution in [2.45, 2.75) is 38.6 Å². The molecule has 2 rings (SSSR count). The van der Waals surface area contributed by atoms with Gasteiger partial charge in [-0.3, -0.25) is 4.79 Å². The molecular formula is C16H24N2O2. The molecule has 0 aromatic heterocycles. The summed E-state index contributed by atoms with van der Waals surface area (Å²) in [5.41, 5.74) is 0.771. The van der Waals surface area contributed by atoms with Gasteiger partial charge in [-0.15, -0.1) is 0 Å². The van der Waals surface area contributed by atoms with Gasteiger partial charge in [0.1, 0.15) is 5.75 Å².